The van der Waals surface area contributed by atoms with E-state index in [4.69, 9.17) is 4.52 Å². The average molecular weight is 191 g/mol. The summed E-state index contributed by atoms with van der Waals surface area (Å²) in [7, 11) is 2.03. The molecule has 14 heavy (non-hydrogen) atoms. The van der Waals surface area contributed by atoms with Gasteiger partial charge in [-0.1, -0.05) is 5.16 Å². The molecule has 0 fully saturated rings. The molecule has 1 N–H and O–H groups in total. The van der Waals surface area contributed by atoms with E-state index in [-0.39, 0.29) is 0 Å². The number of nitrogens with zero attached hydrogens (tertiary/aromatic N) is 2. The highest BCUT2D eigenvalue weighted by Gasteiger charge is 1.98. The third-order valence-electron chi connectivity index (χ3n) is 2.15. The smallest absolute Gasteiger partial charge is 0.150 e. The lowest BCUT2D eigenvalue weighted by Crippen LogP contribution is -2.14. The SMILES string of the molecule is Cn1cccc1CNCc1ccno1. The van der Waals surface area contributed by atoms with Crippen LogP contribution in [0.15, 0.2) is 35.1 Å². The Bertz CT molecular complexity index is 378. The molecule has 0 aromatic carbocycles. The topological polar surface area (TPSA) is 43.0 Å². The number of nitrogens with one attached hydrogen (secondary N) is 1. The van der Waals surface area contributed by atoms with Crippen LogP contribution in [0.1, 0.15) is 11.5 Å². The molecule has 4 heteroatoms. The van der Waals surface area contributed by atoms with Crippen molar-refractivity contribution in [2.45, 2.75) is 13.1 Å². The van der Waals surface area contributed by atoms with Gasteiger partial charge in [0.2, 0.25) is 0 Å². The quantitative estimate of drug-likeness (QED) is 0.792. The van der Waals surface area contributed by atoms with Gasteiger partial charge in [0.15, 0.2) is 0 Å². The minimum Gasteiger partial charge on any atom is -0.360 e. The summed E-state index contributed by atoms with van der Waals surface area (Å²) in [5, 5.41) is 6.91. The molecule has 2 aromatic heterocycles. The van der Waals surface area contributed by atoms with Gasteiger partial charge in [-0.05, 0) is 12.1 Å². The molecule has 0 saturated heterocycles. The van der Waals surface area contributed by atoms with Crippen LogP contribution in [0, 0.1) is 0 Å². The van der Waals surface area contributed by atoms with E-state index in [2.05, 4.69) is 21.1 Å². The zero-order valence-electron chi connectivity index (χ0n) is 8.10. The Labute approximate surface area is 82.5 Å². The first kappa shape index (κ1) is 9.02. The Morgan fingerprint density at radius 3 is 3.00 bits per heavy atom. The summed E-state index contributed by atoms with van der Waals surface area (Å²) in [5.74, 6) is 0.860. The average Bonchev–Trinajstić information content (AvgIpc) is 2.78. The van der Waals surface area contributed by atoms with Crippen LogP contribution in [0.3, 0.4) is 0 Å². The third-order valence-corrected chi connectivity index (χ3v) is 2.15. The first-order valence-corrected chi connectivity index (χ1v) is 4.57. The Balaban J connectivity index is 1.81. The van der Waals surface area contributed by atoms with Crippen LogP contribution >= 0.6 is 0 Å². The number of hydrogen-bond acceptors (Lipinski definition) is 3. The summed E-state index contributed by atoms with van der Waals surface area (Å²) < 4.78 is 7.05. The van der Waals surface area contributed by atoms with E-state index in [1.165, 1.54) is 5.69 Å². The molecular formula is C10H13N3O. The van der Waals surface area contributed by atoms with Crippen molar-refractivity contribution in [3.63, 3.8) is 0 Å². The van der Waals surface area contributed by atoms with Crippen molar-refractivity contribution in [3.05, 3.63) is 42.0 Å². The maximum atomic E-state index is 4.96. The van der Waals surface area contributed by atoms with Crippen molar-refractivity contribution in [3.8, 4) is 0 Å². The van der Waals surface area contributed by atoms with Crippen molar-refractivity contribution in [1.29, 1.82) is 0 Å². The maximum Gasteiger partial charge on any atom is 0.150 e. The number of hydrogen-bond donors (Lipinski definition) is 1. The molecule has 4 nitrogen and oxygen atoms in total. The molecule has 0 saturated carbocycles. The minimum absolute atomic E-state index is 0.713. The van der Waals surface area contributed by atoms with Crippen LogP contribution in [0.25, 0.3) is 0 Å². The molecule has 0 bridgehead atoms. The fourth-order valence-corrected chi connectivity index (χ4v) is 1.33. The number of rotatable bonds is 4. The Kier molecular flexibility index (Phi) is 2.65. The lowest BCUT2D eigenvalue weighted by Gasteiger charge is -2.03. The third kappa shape index (κ3) is 2.03. The Hall–Kier alpha value is -1.55. The Morgan fingerprint density at radius 2 is 2.36 bits per heavy atom. The molecule has 0 radical (unpaired) electrons. The van der Waals surface area contributed by atoms with Gasteiger partial charge in [0.1, 0.15) is 5.76 Å². The first-order valence-electron chi connectivity index (χ1n) is 4.57. The van der Waals surface area contributed by atoms with Crippen molar-refractivity contribution in [1.82, 2.24) is 15.0 Å². The molecule has 74 valence electrons. The van der Waals surface area contributed by atoms with E-state index in [0.29, 0.717) is 6.54 Å². The summed E-state index contributed by atoms with van der Waals surface area (Å²) in [6.45, 7) is 1.55. The summed E-state index contributed by atoms with van der Waals surface area (Å²) >= 11 is 0. The van der Waals surface area contributed by atoms with E-state index < -0.39 is 0 Å². The minimum atomic E-state index is 0.713. The molecular weight excluding hydrogens is 178 g/mol. The van der Waals surface area contributed by atoms with Crippen LogP contribution in [0.2, 0.25) is 0 Å². The monoisotopic (exact) mass is 191 g/mol. The molecule has 2 aromatic rings. The second kappa shape index (κ2) is 4.11. The van der Waals surface area contributed by atoms with Crippen LogP contribution in [-0.4, -0.2) is 9.72 Å². The summed E-state index contributed by atoms with van der Waals surface area (Å²) in [5.41, 5.74) is 1.25. The zero-order valence-corrected chi connectivity index (χ0v) is 8.10. The highest BCUT2D eigenvalue weighted by atomic mass is 16.5. The van der Waals surface area contributed by atoms with E-state index in [9.17, 15) is 0 Å². The van der Waals surface area contributed by atoms with Gasteiger partial charge in [0.05, 0.1) is 12.7 Å². The summed E-state index contributed by atoms with van der Waals surface area (Å²) in [6, 6.07) is 5.98. The molecule has 0 aliphatic rings. The van der Waals surface area contributed by atoms with Gasteiger partial charge in [-0.15, -0.1) is 0 Å². The predicted molar refractivity (Wildman–Crippen MR) is 52.5 cm³/mol. The molecule has 2 rings (SSSR count). The van der Waals surface area contributed by atoms with Crippen LogP contribution in [-0.2, 0) is 20.1 Å². The van der Waals surface area contributed by atoms with E-state index in [0.717, 1.165) is 12.3 Å². The molecule has 2 heterocycles. The van der Waals surface area contributed by atoms with Gasteiger partial charge in [-0.3, -0.25) is 0 Å². The normalized spacial score (nSPS) is 10.6. The van der Waals surface area contributed by atoms with E-state index in [1.54, 1.807) is 6.20 Å². The fourth-order valence-electron chi connectivity index (χ4n) is 1.33. The molecule has 0 unspecified atom stereocenters. The lowest BCUT2D eigenvalue weighted by atomic mass is 10.4. The van der Waals surface area contributed by atoms with Crippen LogP contribution in [0.5, 0.6) is 0 Å². The van der Waals surface area contributed by atoms with Gasteiger partial charge in [-0.25, -0.2) is 0 Å². The fraction of sp³-hybridized carbons (Fsp3) is 0.300. The summed E-state index contributed by atoms with van der Waals surface area (Å²) in [4.78, 5) is 0. The molecule has 0 atom stereocenters. The lowest BCUT2D eigenvalue weighted by molar-refractivity contribution is 0.372. The van der Waals surface area contributed by atoms with Gasteiger partial charge >= 0.3 is 0 Å². The van der Waals surface area contributed by atoms with Crippen LogP contribution < -0.4 is 5.32 Å². The number of aryl methyl sites for hydroxylation is 1. The van der Waals surface area contributed by atoms with Crippen molar-refractivity contribution >= 4 is 0 Å². The van der Waals surface area contributed by atoms with E-state index in [1.807, 2.05) is 25.4 Å². The second-order valence-corrected chi connectivity index (χ2v) is 3.19. The van der Waals surface area contributed by atoms with E-state index >= 15 is 0 Å². The van der Waals surface area contributed by atoms with Gasteiger partial charge < -0.3 is 14.4 Å². The van der Waals surface area contributed by atoms with Crippen LogP contribution in [0.4, 0.5) is 0 Å². The Morgan fingerprint density at radius 1 is 1.43 bits per heavy atom. The largest absolute Gasteiger partial charge is 0.360 e. The molecule has 0 spiro atoms. The highest BCUT2D eigenvalue weighted by Crippen LogP contribution is 2.00. The maximum absolute atomic E-state index is 4.96. The predicted octanol–water partition coefficient (Wildman–Crippen LogP) is 1.30. The van der Waals surface area contributed by atoms with Gasteiger partial charge in [-0.2, -0.15) is 0 Å². The van der Waals surface area contributed by atoms with Gasteiger partial charge in [0.25, 0.3) is 0 Å². The van der Waals surface area contributed by atoms with Crippen molar-refractivity contribution in [2.75, 3.05) is 0 Å². The van der Waals surface area contributed by atoms with Gasteiger partial charge in [0, 0.05) is 31.5 Å². The molecule has 0 amide bonds. The van der Waals surface area contributed by atoms with Crippen molar-refractivity contribution in [2.24, 2.45) is 7.05 Å². The van der Waals surface area contributed by atoms with Crippen molar-refractivity contribution < 1.29 is 4.52 Å². The second-order valence-electron chi connectivity index (χ2n) is 3.19. The molecule has 0 aliphatic carbocycles. The molecule has 0 aliphatic heterocycles. The standard InChI is InChI=1S/C10H13N3O/c1-13-6-2-3-9(13)7-11-8-10-4-5-12-14-10/h2-6,11H,7-8H2,1H3. The zero-order chi connectivity index (χ0) is 9.80. The highest BCUT2D eigenvalue weighted by molar-refractivity contribution is 5.06. The first-order chi connectivity index (χ1) is 6.86. The summed E-state index contributed by atoms with van der Waals surface area (Å²) in [6.07, 6.45) is 3.69. The number of aromatic nitrogens is 2.